The maximum atomic E-state index is 12.2. The molecule has 5 nitrogen and oxygen atoms in total. The van der Waals surface area contributed by atoms with Gasteiger partial charge in [0.2, 0.25) is 0 Å². The Balaban J connectivity index is 3.05. The van der Waals surface area contributed by atoms with E-state index in [1.165, 1.54) is 18.2 Å². The molecule has 2 N–H and O–H groups in total. The van der Waals surface area contributed by atoms with Crippen molar-refractivity contribution in [3.63, 3.8) is 0 Å². The molecule has 0 radical (unpaired) electrons. The van der Waals surface area contributed by atoms with Gasteiger partial charge in [-0.05, 0) is 0 Å². The van der Waals surface area contributed by atoms with Crippen LogP contribution in [-0.2, 0) is 0 Å². The van der Waals surface area contributed by atoms with Crippen LogP contribution in [0.25, 0.3) is 0 Å². The van der Waals surface area contributed by atoms with Gasteiger partial charge in [0.25, 0.3) is 5.69 Å². The second-order valence-corrected chi connectivity index (χ2v) is 3.18. The number of rotatable bonds is 3. The van der Waals surface area contributed by atoms with E-state index in [2.05, 4.69) is 5.10 Å². The molecule has 0 aliphatic carbocycles. The van der Waals surface area contributed by atoms with Crippen molar-refractivity contribution in [3.05, 3.63) is 39.9 Å². The summed E-state index contributed by atoms with van der Waals surface area (Å²) in [6.07, 6.45) is -5.80. The number of benzene rings is 1. The van der Waals surface area contributed by atoms with Crippen LogP contribution in [0.3, 0.4) is 0 Å². The molecule has 0 aliphatic heterocycles. The second kappa shape index (κ2) is 4.81. The van der Waals surface area contributed by atoms with Crippen molar-refractivity contribution in [2.45, 2.75) is 12.6 Å². The summed E-state index contributed by atoms with van der Waals surface area (Å²) in [5.41, 5.74) is -0.772. The van der Waals surface area contributed by atoms with Crippen molar-refractivity contribution in [1.82, 2.24) is 0 Å². The van der Waals surface area contributed by atoms with Crippen molar-refractivity contribution in [2.24, 2.45) is 10.9 Å². The van der Waals surface area contributed by atoms with Gasteiger partial charge in [-0.25, -0.2) is 0 Å². The van der Waals surface area contributed by atoms with E-state index in [0.717, 1.165) is 6.07 Å². The maximum Gasteiger partial charge on any atom is 0.394 e. The third kappa shape index (κ3) is 3.74. The second-order valence-electron chi connectivity index (χ2n) is 3.18. The first-order chi connectivity index (χ1) is 7.83. The van der Waals surface area contributed by atoms with E-state index in [1.807, 2.05) is 0 Å². The van der Waals surface area contributed by atoms with Gasteiger partial charge in [0.05, 0.1) is 17.1 Å². The summed E-state index contributed by atoms with van der Waals surface area (Å²) < 4.78 is 36.5. The van der Waals surface area contributed by atoms with Crippen LogP contribution < -0.4 is 5.84 Å². The molecule has 17 heavy (non-hydrogen) atoms. The molecule has 0 aliphatic rings. The van der Waals surface area contributed by atoms with Crippen LogP contribution in [0.5, 0.6) is 0 Å². The number of alkyl halides is 3. The number of halogens is 3. The monoisotopic (exact) mass is 247 g/mol. The molecule has 1 aromatic carbocycles. The SMILES string of the molecule is NN=C(CC(F)(F)F)c1cccc([N+](=O)[O-])c1. The number of hydrogen-bond donors (Lipinski definition) is 1. The van der Waals surface area contributed by atoms with Crippen molar-refractivity contribution < 1.29 is 18.1 Å². The minimum Gasteiger partial charge on any atom is -0.323 e. The van der Waals surface area contributed by atoms with Crippen LogP contribution in [0.15, 0.2) is 29.4 Å². The maximum absolute atomic E-state index is 12.2. The van der Waals surface area contributed by atoms with Gasteiger partial charge in [-0.3, -0.25) is 10.1 Å². The first kappa shape index (κ1) is 12.9. The number of hydrogen-bond acceptors (Lipinski definition) is 4. The van der Waals surface area contributed by atoms with Crippen LogP contribution in [-0.4, -0.2) is 16.8 Å². The van der Waals surface area contributed by atoms with Crippen LogP contribution in [0, 0.1) is 10.1 Å². The first-order valence-corrected chi connectivity index (χ1v) is 4.42. The van der Waals surface area contributed by atoms with E-state index in [9.17, 15) is 23.3 Å². The molecular weight excluding hydrogens is 239 g/mol. The zero-order chi connectivity index (χ0) is 13.1. The molecule has 1 aromatic rings. The Morgan fingerprint density at radius 1 is 1.47 bits per heavy atom. The molecule has 8 heteroatoms. The number of non-ortho nitro benzene ring substituents is 1. The molecule has 0 saturated heterocycles. The van der Waals surface area contributed by atoms with Crippen molar-refractivity contribution in [2.75, 3.05) is 0 Å². The summed E-state index contributed by atoms with van der Waals surface area (Å²) in [6.45, 7) is 0. The van der Waals surface area contributed by atoms with E-state index in [4.69, 9.17) is 5.84 Å². The number of nitro groups is 1. The Morgan fingerprint density at radius 2 is 2.12 bits per heavy atom. The van der Waals surface area contributed by atoms with Gasteiger partial charge in [-0.15, -0.1) is 0 Å². The smallest absolute Gasteiger partial charge is 0.323 e. The molecule has 0 aromatic heterocycles. The largest absolute Gasteiger partial charge is 0.394 e. The van der Waals surface area contributed by atoms with Crippen molar-refractivity contribution >= 4 is 11.4 Å². The lowest BCUT2D eigenvalue weighted by molar-refractivity contribution is -0.384. The van der Waals surface area contributed by atoms with Crippen LogP contribution in [0.4, 0.5) is 18.9 Å². The molecule has 92 valence electrons. The van der Waals surface area contributed by atoms with Crippen LogP contribution in [0.2, 0.25) is 0 Å². The molecule has 0 amide bonds. The molecule has 0 fully saturated rings. The van der Waals surface area contributed by atoms with E-state index < -0.39 is 23.2 Å². The number of nitrogens with zero attached hydrogens (tertiary/aromatic N) is 2. The van der Waals surface area contributed by atoms with Gasteiger partial charge >= 0.3 is 6.18 Å². The van der Waals surface area contributed by atoms with Crippen LogP contribution >= 0.6 is 0 Å². The fourth-order valence-electron chi connectivity index (χ4n) is 1.21. The lowest BCUT2D eigenvalue weighted by Crippen LogP contribution is -2.17. The van der Waals surface area contributed by atoms with Gasteiger partial charge in [-0.2, -0.15) is 18.3 Å². The van der Waals surface area contributed by atoms with Crippen LogP contribution in [0.1, 0.15) is 12.0 Å². The molecular formula is C9H8F3N3O2. The van der Waals surface area contributed by atoms with E-state index in [0.29, 0.717) is 0 Å². The molecule has 0 spiro atoms. The standard InChI is InChI=1S/C9H8F3N3O2/c10-9(11,12)5-8(14-13)6-2-1-3-7(4-6)15(16)17/h1-4H,5,13H2. The summed E-state index contributed by atoms with van der Waals surface area (Å²) in [4.78, 5) is 9.76. The highest BCUT2D eigenvalue weighted by Crippen LogP contribution is 2.24. The van der Waals surface area contributed by atoms with Crippen molar-refractivity contribution in [1.29, 1.82) is 0 Å². The predicted octanol–water partition coefficient (Wildman–Crippen LogP) is 2.21. The van der Waals surface area contributed by atoms with E-state index in [1.54, 1.807) is 0 Å². The summed E-state index contributed by atoms with van der Waals surface area (Å²) in [7, 11) is 0. The van der Waals surface area contributed by atoms with E-state index in [-0.39, 0.29) is 11.3 Å². The minimum atomic E-state index is -4.47. The number of hydrazone groups is 1. The Hall–Kier alpha value is -2.12. The van der Waals surface area contributed by atoms with Gasteiger partial charge in [0.1, 0.15) is 0 Å². The molecule has 0 saturated carbocycles. The lowest BCUT2D eigenvalue weighted by Gasteiger charge is -2.08. The normalized spacial score (nSPS) is 12.5. The fraction of sp³-hybridized carbons (Fsp3) is 0.222. The molecule has 0 bridgehead atoms. The highest BCUT2D eigenvalue weighted by atomic mass is 19.4. The summed E-state index contributed by atoms with van der Waals surface area (Å²) >= 11 is 0. The minimum absolute atomic E-state index is 0.0148. The third-order valence-corrected chi connectivity index (χ3v) is 1.91. The lowest BCUT2D eigenvalue weighted by atomic mass is 10.1. The third-order valence-electron chi connectivity index (χ3n) is 1.91. The number of nitrogens with two attached hydrogens (primary N) is 1. The van der Waals surface area contributed by atoms with Gasteiger partial charge < -0.3 is 5.84 Å². The topological polar surface area (TPSA) is 81.5 Å². The Kier molecular flexibility index (Phi) is 3.66. The highest BCUT2D eigenvalue weighted by molar-refractivity contribution is 6.01. The average Bonchev–Trinajstić information content (AvgIpc) is 2.25. The first-order valence-electron chi connectivity index (χ1n) is 4.42. The molecule has 1 rings (SSSR count). The van der Waals surface area contributed by atoms with Crippen molar-refractivity contribution in [3.8, 4) is 0 Å². The quantitative estimate of drug-likeness (QED) is 0.384. The average molecular weight is 247 g/mol. The van der Waals surface area contributed by atoms with Gasteiger partial charge in [-0.1, -0.05) is 12.1 Å². The summed E-state index contributed by atoms with van der Waals surface area (Å²) in [5, 5.41) is 13.5. The zero-order valence-corrected chi connectivity index (χ0v) is 8.44. The van der Waals surface area contributed by atoms with Gasteiger partial charge in [0, 0.05) is 17.7 Å². The highest BCUT2D eigenvalue weighted by Gasteiger charge is 2.30. The molecule has 0 heterocycles. The molecule has 0 atom stereocenters. The van der Waals surface area contributed by atoms with Gasteiger partial charge in [0.15, 0.2) is 0 Å². The zero-order valence-electron chi connectivity index (χ0n) is 8.44. The van der Waals surface area contributed by atoms with E-state index >= 15 is 0 Å². The Morgan fingerprint density at radius 3 is 2.59 bits per heavy atom. The fourth-order valence-corrected chi connectivity index (χ4v) is 1.21. The Bertz CT molecular complexity index is 457. The molecule has 0 unspecified atom stereocenters. The number of nitro benzene ring substituents is 1. The summed E-state index contributed by atoms with van der Waals surface area (Å²) in [6, 6.07) is 4.72. The summed E-state index contributed by atoms with van der Waals surface area (Å²) in [5.74, 6) is 4.86. The predicted molar refractivity (Wildman–Crippen MR) is 54.5 cm³/mol. The Labute approximate surface area is 93.9 Å².